The van der Waals surface area contributed by atoms with Gasteiger partial charge in [-0.25, -0.2) is 0 Å². The molecule has 1 amide bonds. The molecule has 0 spiro atoms. The van der Waals surface area contributed by atoms with Crippen molar-refractivity contribution in [3.63, 3.8) is 0 Å². The van der Waals surface area contributed by atoms with E-state index in [-0.39, 0.29) is 11.4 Å². The molecule has 1 unspecified atom stereocenters. The summed E-state index contributed by atoms with van der Waals surface area (Å²) < 4.78 is 0. The molecule has 1 aromatic carbocycles. The minimum absolute atomic E-state index is 0.221. The third kappa shape index (κ3) is 3.50. The van der Waals surface area contributed by atoms with E-state index in [4.69, 9.17) is 5.73 Å². The molecule has 1 heterocycles. The first-order chi connectivity index (χ1) is 8.46. The monoisotopic (exact) mass is 264 g/mol. The summed E-state index contributed by atoms with van der Waals surface area (Å²) in [5.41, 5.74) is 6.46. The number of fused-ring (bicyclic) bond motifs is 1. The molecule has 1 aliphatic rings. The van der Waals surface area contributed by atoms with E-state index in [1.54, 1.807) is 0 Å². The van der Waals surface area contributed by atoms with Gasteiger partial charge in [-0.1, -0.05) is 18.2 Å². The number of nitrogens with one attached hydrogen (secondary N) is 1. The SMILES string of the molecule is CC(C)(CC(N)=O)NCC1Cc2ccccc2S1. The quantitative estimate of drug-likeness (QED) is 0.854. The Morgan fingerprint density at radius 3 is 2.89 bits per heavy atom. The van der Waals surface area contributed by atoms with E-state index in [0.29, 0.717) is 11.7 Å². The molecule has 98 valence electrons. The molecule has 1 aliphatic heterocycles. The fourth-order valence-electron chi connectivity index (χ4n) is 2.26. The van der Waals surface area contributed by atoms with Crippen LogP contribution in [0.4, 0.5) is 0 Å². The maximum atomic E-state index is 11.0. The number of thioether (sulfide) groups is 1. The van der Waals surface area contributed by atoms with E-state index in [9.17, 15) is 4.79 Å². The summed E-state index contributed by atoms with van der Waals surface area (Å²) in [6.07, 6.45) is 1.47. The zero-order valence-electron chi connectivity index (χ0n) is 10.9. The Bertz CT molecular complexity index is 420. The van der Waals surface area contributed by atoms with Crippen LogP contribution in [-0.2, 0) is 11.2 Å². The number of carbonyl (C=O) groups is 1. The molecule has 18 heavy (non-hydrogen) atoms. The van der Waals surface area contributed by atoms with Crippen molar-refractivity contribution >= 4 is 17.7 Å². The lowest BCUT2D eigenvalue weighted by Gasteiger charge is -2.26. The predicted octanol–water partition coefficient (Wildman–Crippen LogP) is 1.95. The summed E-state index contributed by atoms with van der Waals surface area (Å²) in [7, 11) is 0. The number of amides is 1. The Morgan fingerprint density at radius 2 is 2.22 bits per heavy atom. The summed E-state index contributed by atoms with van der Waals surface area (Å²) in [4.78, 5) is 12.4. The molecular weight excluding hydrogens is 244 g/mol. The van der Waals surface area contributed by atoms with E-state index in [1.807, 2.05) is 25.6 Å². The van der Waals surface area contributed by atoms with Crippen molar-refractivity contribution in [1.82, 2.24) is 5.32 Å². The molecule has 0 aliphatic carbocycles. The number of carbonyl (C=O) groups excluding carboxylic acids is 1. The van der Waals surface area contributed by atoms with Gasteiger partial charge in [0.25, 0.3) is 0 Å². The third-order valence-electron chi connectivity index (χ3n) is 3.14. The number of nitrogens with two attached hydrogens (primary N) is 1. The van der Waals surface area contributed by atoms with E-state index < -0.39 is 0 Å². The zero-order valence-corrected chi connectivity index (χ0v) is 11.7. The van der Waals surface area contributed by atoms with Crippen LogP contribution in [0, 0.1) is 0 Å². The van der Waals surface area contributed by atoms with Crippen LogP contribution in [-0.4, -0.2) is 23.2 Å². The second-order valence-electron chi connectivity index (χ2n) is 5.46. The molecule has 4 heteroatoms. The van der Waals surface area contributed by atoms with Crippen molar-refractivity contribution < 1.29 is 4.79 Å². The average Bonchev–Trinajstić information content (AvgIpc) is 2.67. The smallest absolute Gasteiger partial charge is 0.219 e. The van der Waals surface area contributed by atoms with Gasteiger partial charge in [-0.15, -0.1) is 11.8 Å². The second-order valence-corrected chi connectivity index (χ2v) is 6.80. The molecule has 0 aromatic heterocycles. The van der Waals surface area contributed by atoms with Crippen LogP contribution in [0.1, 0.15) is 25.8 Å². The molecule has 0 radical (unpaired) electrons. The number of benzene rings is 1. The Hall–Kier alpha value is -1.00. The van der Waals surface area contributed by atoms with Crippen molar-refractivity contribution in [1.29, 1.82) is 0 Å². The van der Waals surface area contributed by atoms with Gasteiger partial charge < -0.3 is 11.1 Å². The van der Waals surface area contributed by atoms with Crippen molar-refractivity contribution in [3.8, 4) is 0 Å². The lowest BCUT2D eigenvalue weighted by molar-refractivity contribution is -0.119. The highest BCUT2D eigenvalue weighted by molar-refractivity contribution is 8.00. The second kappa shape index (κ2) is 5.33. The average molecular weight is 264 g/mol. The first-order valence-corrected chi connectivity index (χ1v) is 7.12. The van der Waals surface area contributed by atoms with E-state index >= 15 is 0 Å². The van der Waals surface area contributed by atoms with Gasteiger partial charge in [0.2, 0.25) is 5.91 Å². The highest BCUT2D eigenvalue weighted by Crippen LogP contribution is 2.36. The lowest BCUT2D eigenvalue weighted by Crippen LogP contribution is -2.45. The van der Waals surface area contributed by atoms with Gasteiger partial charge in [-0.05, 0) is 31.9 Å². The fraction of sp³-hybridized carbons (Fsp3) is 0.500. The van der Waals surface area contributed by atoms with Crippen LogP contribution in [0.15, 0.2) is 29.2 Å². The molecular formula is C14H20N2OS. The zero-order chi connectivity index (χ0) is 13.2. The molecule has 2 rings (SSSR count). The standard InChI is InChI=1S/C14H20N2OS/c1-14(2,8-13(15)17)16-9-11-7-10-5-3-4-6-12(10)18-11/h3-6,11,16H,7-9H2,1-2H3,(H2,15,17). The fourth-order valence-corrected chi connectivity index (χ4v) is 3.50. The normalized spacial score (nSPS) is 18.7. The number of hydrogen-bond donors (Lipinski definition) is 2. The lowest BCUT2D eigenvalue weighted by atomic mass is 10.00. The molecule has 1 aromatic rings. The van der Waals surface area contributed by atoms with Crippen LogP contribution in [0.3, 0.4) is 0 Å². The minimum Gasteiger partial charge on any atom is -0.370 e. The van der Waals surface area contributed by atoms with Gasteiger partial charge in [-0.2, -0.15) is 0 Å². The van der Waals surface area contributed by atoms with Crippen LogP contribution in [0.2, 0.25) is 0 Å². The molecule has 1 atom stereocenters. The number of rotatable bonds is 5. The van der Waals surface area contributed by atoms with Crippen LogP contribution < -0.4 is 11.1 Å². The van der Waals surface area contributed by atoms with E-state index in [2.05, 4.69) is 29.6 Å². The van der Waals surface area contributed by atoms with Crippen molar-refractivity contribution in [2.24, 2.45) is 5.73 Å². The maximum Gasteiger partial charge on any atom is 0.219 e. The number of primary amides is 1. The Morgan fingerprint density at radius 1 is 1.50 bits per heavy atom. The van der Waals surface area contributed by atoms with E-state index in [0.717, 1.165) is 13.0 Å². The number of hydrogen-bond acceptors (Lipinski definition) is 3. The van der Waals surface area contributed by atoms with Gasteiger partial charge in [-0.3, -0.25) is 4.79 Å². The first kappa shape index (κ1) is 13.4. The summed E-state index contributed by atoms with van der Waals surface area (Å²) in [6, 6.07) is 8.54. The van der Waals surface area contributed by atoms with Gasteiger partial charge in [0.15, 0.2) is 0 Å². The predicted molar refractivity (Wildman–Crippen MR) is 75.7 cm³/mol. The topological polar surface area (TPSA) is 55.1 Å². The molecule has 3 nitrogen and oxygen atoms in total. The molecule has 0 fully saturated rings. The largest absolute Gasteiger partial charge is 0.370 e. The van der Waals surface area contributed by atoms with Gasteiger partial charge >= 0.3 is 0 Å². The Balaban J connectivity index is 1.85. The van der Waals surface area contributed by atoms with Crippen LogP contribution >= 0.6 is 11.8 Å². The summed E-state index contributed by atoms with van der Waals surface area (Å²) >= 11 is 1.92. The summed E-state index contributed by atoms with van der Waals surface area (Å²) in [6.45, 7) is 4.94. The maximum absolute atomic E-state index is 11.0. The third-order valence-corrected chi connectivity index (χ3v) is 4.46. The molecule has 0 saturated carbocycles. The van der Waals surface area contributed by atoms with Crippen molar-refractivity contribution in [2.45, 2.75) is 42.4 Å². The minimum atomic E-state index is -0.255. The molecule has 0 saturated heterocycles. The summed E-state index contributed by atoms with van der Waals surface area (Å²) in [5, 5.41) is 4.00. The first-order valence-electron chi connectivity index (χ1n) is 6.24. The van der Waals surface area contributed by atoms with Gasteiger partial charge in [0.05, 0.1) is 0 Å². The van der Waals surface area contributed by atoms with Crippen molar-refractivity contribution in [2.75, 3.05) is 6.54 Å². The van der Waals surface area contributed by atoms with Crippen molar-refractivity contribution in [3.05, 3.63) is 29.8 Å². The van der Waals surface area contributed by atoms with Crippen LogP contribution in [0.25, 0.3) is 0 Å². The molecule has 0 bridgehead atoms. The van der Waals surface area contributed by atoms with Gasteiger partial charge in [0.1, 0.15) is 0 Å². The highest BCUT2D eigenvalue weighted by atomic mass is 32.2. The highest BCUT2D eigenvalue weighted by Gasteiger charge is 2.25. The van der Waals surface area contributed by atoms with E-state index in [1.165, 1.54) is 10.5 Å². The Kier molecular flexibility index (Phi) is 3.97. The molecule has 3 N–H and O–H groups in total. The van der Waals surface area contributed by atoms with Gasteiger partial charge in [0, 0.05) is 28.6 Å². The van der Waals surface area contributed by atoms with Crippen LogP contribution in [0.5, 0.6) is 0 Å². The Labute approximate surface area is 113 Å². The summed E-state index contributed by atoms with van der Waals surface area (Å²) in [5.74, 6) is -0.255.